The van der Waals surface area contributed by atoms with Gasteiger partial charge in [-0.2, -0.15) is 32.9 Å². The van der Waals surface area contributed by atoms with Crippen molar-refractivity contribution in [1.82, 2.24) is 39.5 Å². The standard InChI is InChI=1S/C34H47N12O11P2S2/c1-5-17-28(15(4)33(55-17)46-12-43-25-31(37)41-11-42-32(25)46)57-59(50,61)51-8-20-18(6-19(53-20)22-13(2)29(35)45-34(48)44-22)56-58(49,60)52-9-21-26(47)14(3)27(54-21)16-7-38-24-23(16)39-10-40-30(24)36/h7,10-12,14-21,26-28,33,47,49-50,60-61H,5-6,8-9H2,1-4H3,(H6-,35,36,37,39,40,41,42,44,45,48)/q+1/p+1/t14-,15-,16?,17+,18?,19+,20+,21+,26?,27+,28?,33+,58?,59?/m0/s1. The van der Waals surface area contributed by atoms with Gasteiger partial charge in [0, 0.05) is 30.0 Å². The van der Waals surface area contributed by atoms with Gasteiger partial charge in [-0.1, -0.05) is 20.8 Å². The van der Waals surface area contributed by atoms with Crippen LogP contribution in [0.1, 0.15) is 68.8 Å². The SMILES string of the molecule is CC[C@H]1O[C@@H](n2cnc3c(N)ncnc32)[C@@H](C)C1O[P+](O)(S)OC[C@H]1O[C@@H](c2[nH]c(=O)nc(N)c2C)CC1O[P+](O)(S)OC[C@H]1O[C@@H](C2C=Nc3c(N)ncnc32)[C@@H](C)C1O. The smallest absolute Gasteiger partial charge is 0.390 e. The number of imidazole rings is 1. The van der Waals surface area contributed by atoms with E-state index < -0.39 is 81.0 Å². The first-order chi connectivity index (χ1) is 28.9. The third kappa shape index (κ3) is 8.83. The molecule has 4 aliphatic heterocycles. The van der Waals surface area contributed by atoms with E-state index in [0.29, 0.717) is 40.2 Å². The quantitative estimate of drug-likeness (QED) is 0.0648. The molecule has 0 radical (unpaired) electrons. The lowest BCUT2D eigenvalue weighted by Gasteiger charge is -2.24. The molecule has 14 atom stereocenters. The molecular formula is C34H48N12O11P2S2+2. The van der Waals surface area contributed by atoms with Crippen LogP contribution in [0.15, 0.2) is 28.8 Å². The first-order valence-electron chi connectivity index (χ1n) is 19.4. The summed E-state index contributed by atoms with van der Waals surface area (Å²) in [7, 11) is -7.91. The molecule has 23 nitrogen and oxygen atoms in total. The van der Waals surface area contributed by atoms with Crippen LogP contribution in [0.2, 0.25) is 0 Å². The average molecular weight is 927 g/mol. The maximum atomic E-state index is 12.4. The van der Waals surface area contributed by atoms with E-state index in [2.05, 4.69) is 64.4 Å². The molecule has 3 fully saturated rings. The number of rotatable bonds is 14. The predicted octanol–water partition coefficient (Wildman–Crippen LogP) is 2.50. The fraction of sp³-hybridized carbons (Fsp3) is 0.588. The number of aliphatic imine (C=N–C) groups is 1. The maximum absolute atomic E-state index is 12.4. The molecular weight excluding hydrogens is 879 g/mol. The summed E-state index contributed by atoms with van der Waals surface area (Å²) < 4.78 is 44.8. The van der Waals surface area contributed by atoms with Gasteiger partial charge in [0.25, 0.3) is 0 Å². The van der Waals surface area contributed by atoms with E-state index in [4.69, 9.17) is 49.5 Å². The Hall–Kier alpha value is -3.26. The minimum Gasteiger partial charge on any atom is -0.390 e. The number of fused-ring (bicyclic) bond motifs is 2. The van der Waals surface area contributed by atoms with Crippen LogP contribution in [-0.4, -0.2) is 117 Å². The van der Waals surface area contributed by atoms with Crippen LogP contribution in [0, 0.1) is 18.8 Å². The number of nitrogens with zero attached hydrogens (tertiary/aromatic N) is 8. The summed E-state index contributed by atoms with van der Waals surface area (Å²) in [6.07, 6.45) is -0.483. The van der Waals surface area contributed by atoms with Gasteiger partial charge in [-0.05, 0) is 13.3 Å². The highest BCUT2D eigenvalue weighted by molar-refractivity contribution is 8.47. The number of ether oxygens (including phenoxy) is 3. The molecule has 0 spiro atoms. The van der Waals surface area contributed by atoms with Crippen LogP contribution in [0.25, 0.3) is 11.2 Å². The van der Waals surface area contributed by atoms with Crippen molar-refractivity contribution in [3.8, 4) is 0 Å². The third-order valence-corrected chi connectivity index (χ3v) is 14.8. The molecule has 0 saturated carbocycles. The van der Waals surface area contributed by atoms with Crippen LogP contribution in [0.5, 0.6) is 0 Å². The van der Waals surface area contributed by atoms with Crippen LogP contribution in [-0.2, 0) is 32.3 Å². The van der Waals surface area contributed by atoms with Gasteiger partial charge in [0.2, 0.25) is 0 Å². The Balaban J connectivity index is 0.946. The minimum absolute atomic E-state index is 0.00679. The molecule has 330 valence electrons. The second kappa shape index (κ2) is 17.4. The Labute approximate surface area is 360 Å². The summed E-state index contributed by atoms with van der Waals surface area (Å²) in [6, 6.07) is 0. The lowest BCUT2D eigenvalue weighted by molar-refractivity contribution is -0.0363. The van der Waals surface area contributed by atoms with Gasteiger partial charge in [0.05, 0.1) is 66.4 Å². The van der Waals surface area contributed by atoms with Gasteiger partial charge < -0.3 is 41.5 Å². The van der Waals surface area contributed by atoms with Crippen LogP contribution in [0.3, 0.4) is 0 Å². The molecule has 4 aliphatic rings. The number of H-pyrrole nitrogens is 1. The molecule has 10 N–H and O–H groups in total. The van der Waals surface area contributed by atoms with Crippen LogP contribution >= 0.6 is 38.8 Å². The number of aromatic nitrogens is 8. The Morgan fingerprint density at radius 2 is 1.62 bits per heavy atom. The Kier molecular flexibility index (Phi) is 12.6. The number of aromatic amines is 1. The second-order valence-corrected chi connectivity index (χ2v) is 21.3. The monoisotopic (exact) mass is 926 g/mol. The average Bonchev–Trinajstić information content (AvgIpc) is 4.04. The van der Waals surface area contributed by atoms with Crippen LogP contribution in [0.4, 0.5) is 23.1 Å². The van der Waals surface area contributed by atoms with E-state index in [0.717, 1.165) is 0 Å². The van der Waals surface area contributed by atoms with Crippen molar-refractivity contribution < 1.29 is 47.2 Å². The highest BCUT2D eigenvalue weighted by atomic mass is 32.7. The maximum Gasteiger partial charge on any atom is 0.475 e. The highest BCUT2D eigenvalue weighted by Gasteiger charge is 2.55. The van der Waals surface area contributed by atoms with Crippen molar-refractivity contribution in [2.45, 2.75) is 102 Å². The van der Waals surface area contributed by atoms with E-state index in [1.165, 1.54) is 12.7 Å². The Morgan fingerprint density at radius 1 is 0.918 bits per heavy atom. The molecule has 8 heterocycles. The zero-order chi connectivity index (χ0) is 43.5. The minimum atomic E-state index is -3.99. The molecule has 4 aromatic rings. The van der Waals surface area contributed by atoms with E-state index >= 15 is 0 Å². The predicted molar refractivity (Wildman–Crippen MR) is 228 cm³/mol. The van der Waals surface area contributed by atoms with Crippen molar-refractivity contribution in [1.29, 1.82) is 0 Å². The molecule has 4 aromatic heterocycles. The van der Waals surface area contributed by atoms with E-state index in [1.807, 2.05) is 20.8 Å². The molecule has 0 bridgehead atoms. The number of nitrogens with one attached hydrogen (secondary N) is 1. The molecule has 0 aromatic carbocycles. The topological polar surface area (TPSA) is 331 Å². The second-order valence-electron chi connectivity index (χ2n) is 15.4. The number of thiol groups is 2. The summed E-state index contributed by atoms with van der Waals surface area (Å²) in [5.41, 5.74) is 20.1. The molecule has 6 unspecified atom stereocenters. The summed E-state index contributed by atoms with van der Waals surface area (Å²) in [6.45, 7) is 6.67. The first kappa shape index (κ1) is 44.4. The van der Waals surface area contributed by atoms with Gasteiger partial charge >= 0.3 is 20.0 Å². The van der Waals surface area contributed by atoms with E-state index in [-0.39, 0.29) is 48.9 Å². The molecule has 27 heteroatoms. The van der Waals surface area contributed by atoms with Gasteiger partial charge in [0.15, 0.2) is 17.3 Å². The Morgan fingerprint density at radius 3 is 2.38 bits per heavy atom. The molecule has 0 aliphatic carbocycles. The van der Waals surface area contributed by atoms with Gasteiger partial charge in [-0.15, -0.1) is 0 Å². The zero-order valence-electron chi connectivity index (χ0n) is 33.3. The molecule has 0 amide bonds. The van der Waals surface area contributed by atoms with Crippen molar-refractivity contribution >= 4 is 79.3 Å². The lowest BCUT2D eigenvalue weighted by atomic mass is 9.88. The summed E-state index contributed by atoms with van der Waals surface area (Å²) in [4.78, 5) is 67.2. The fourth-order valence-corrected chi connectivity index (χ4v) is 11.4. The molecule has 61 heavy (non-hydrogen) atoms. The summed E-state index contributed by atoms with van der Waals surface area (Å²) in [5.74, 6) is -0.661. The zero-order valence-corrected chi connectivity index (χ0v) is 36.8. The molecule has 3 saturated heterocycles. The van der Waals surface area contributed by atoms with Gasteiger partial charge in [-0.25, -0.2) is 29.7 Å². The number of hydrogen-bond donors (Lipinski definition) is 9. The van der Waals surface area contributed by atoms with Gasteiger partial charge in [-0.3, -0.25) is 9.56 Å². The number of anilines is 3. The van der Waals surface area contributed by atoms with Gasteiger partial charge in [0.1, 0.15) is 79.6 Å². The fourth-order valence-electron chi connectivity index (χ4n) is 8.27. The summed E-state index contributed by atoms with van der Waals surface area (Å²) >= 11 is 8.82. The van der Waals surface area contributed by atoms with Crippen molar-refractivity contribution in [2.24, 2.45) is 16.8 Å². The number of aliphatic hydroxyl groups is 1. The van der Waals surface area contributed by atoms with Crippen LogP contribution < -0.4 is 22.9 Å². The number of aliphatic hydroxyl groups excluding tert-OH is 1. The lowest BCUT2D eigenvalue weighted by Crippen LogP contribution is -2.32. The largest absolute Gasteiger partial charge is 0.475 e. The normalized spacial score (nSPS) is 33.0. The number of hydrogen-bond acceptors (Lipinski definition) is 23. The first-order valence-corrected chi connectivity index (χ1v) is 24.8. The van der Waals surface area contributed by atoms with E-state index in [1.54, 1.807) is 24.0 Å². The Bertz CT molecular complexity index is 2350. The van der Waals surface area contributed by atoms with E-state index in [9.17, 15) is 19.7 Å². The third-order valence-electron chi connectivity index (χ3n) is 11.5. The van der Waals surface area contributed by atoms with Crippen molar-refractivity contribution in [2.75, 3.05) is 30.4 Å². The number of nitrogens with two attached hydrogens (primary N) is 3. The number of nitrogen functional groups attached to an aromatic ring is 3. The molecule has 8 rings (SSSR count). The highest BCUT2D eigenvalue weighted by Crippen LogP contribution is 2.66. The van der Waals surface area contributed by atoms with Crippen molar-refractivity contribution in [3.05, 3.63) is 46.4 Å². The van der Waals surface area contributed by atoms with Crippen molar-refractivity contribution in [3.63, 3.8) is 0 Å². The summed E-state index contributed by atoms with van der Waals surface area (Å²) in [5, 5.41) is 11.2.